The highest BCUT2D eigenvalue weighted by molar-refractivity contribution is 5.87. The van der Waals surface area contributed by atoms with Gasteiger partial charge in [0.05, 0.1) is 0 Å². The van der Waals surface area contributed by atoms with Gasteiger partial charge in [-0.05, 0) is 6.92 Å². The Labute approximate surface area is 51.9 Å². The second-order valence-corrected chi connectivity index (χ2v) is 1.92. The smallest absolute Gasteiger partial charge is 0.270 e. The fourth-order valence-corrected chi connectivity index (χ4v) is 0.706. The maximum Gasteiger partial charge on any atom is 0.270 e. The van der Waals surface area contributed by atoms with Crippen molar-refractivity contribution < 1.29 is 4.92 Å². The minimum Gasteiger partial charge on any atom is -0.303 e. The van der Waals surface area contributed by atoms with Gasteiger partial charge in [-0.3, -0.25) is 10.1 Å². The standard InChI is InChI=1S/C4H7N3O2/c1-3-4(7(8)9)2-5-6-3/h4-5H,2H2,1H3. The first-order chi connectivity index (χ1) is 4.22. The molecule has 0 spiro atoms. The summed E-state index contributed by atoms with van der Waals surface area (Å²) in [6.07, 6.45) is 0. The van der Waals surface area contributed by atoms with E-state index in [2.05, 4.69) is 10.5 Å². The number of hydrogen-bond donors (Lipinski definition) is 1. The summed E-state index contributed by atoms with van der Waals surface area (Å²) in [4.78, 5) is 9.76. The summed E-state index contributed by atoms with van der Waals surface area (Å²) >= 11 is 0. The molecule has 1 aliphatic heterocycles. The Morgan fingerprint density at radius 2 is 2.67 bits per heavy atom. The van der Waals surface area contributed by atoms with Gasteiger partial charge in [-0.2, -0.15) is 5.10 Å². The van der Waals surface area contributed by atoms with Gasteiger partial charge >= 0.3 is 0 Å². The first-order valence-electron chi connectivity index (χ1n) is 2.62. The summed E-state index contributed by atoms with van der Waals surface area (Å²) < 4.78 is 0. The van der Waals surface area contributed by atoms with Crippen molar-refractivity contribution in [3.63, 3.8) is 0 Å². The summed E-state index contributed by atoms with van der Waals surface area (Å²) in [6.45, 7) is 1.98. The molecule has 0 saturated heterocycles. The predicted octanol–water partition coefficient (Wildman–Crippen LogP) is -0.389. The van der Waals surface area contributed by atoms with Crippen LogP contribution in [0.1, 0.15) is 6.92 Å². The lowest BCUT2D eigenvalue weighted by Crippen LogP contribution is -2.29. The molecule has 0 aromatic heterocycles. The van der Waals surface area contributed by atoms with Crippen LogP contribution in [0, 0.1) is 10.1 Å². The third kappa shape index (κ3) is 0.984. The van der Waals surface area contributed by atoms with E-state index in [9.17, 15) is 10.1 Å². The molecule has 1 unspecified atom stereocenters. The lowest BCUT2D eigenvalue weighted by Gasteiger charge is -1.96. The van der Waals surface area contributed by atoms with Gasteiger partial charge in [0.15, 0.2) is 0 Å². The summed E-state index contributed by atoms with van der Waals surface area (Å²) in [5.74, 6) is 0. The molecule has 5 nitrogen and oxygen atoms in total. The van der Waals surface area contributed by atoms with Crippen molar-refractivity contribution in [2.24, 2.45) is 5.10 Å². The van der Waals surface area contributed by atoms with Crippen molar-refractivity contribution >= 4 is 5.71 Å². The average molecular weight is 129 g/mol. The van der Waals surface area contributed by atoms with Gasteiger partial charge in [0.1, 0.15) is 12.3 Å². The monoisotopic (exact) mass is 129 g/mol. The van der Waals surface area contributed by atoms with E-state index >= 15 is 0 Å². The molecule has 9 heavy (non-hydrogen) atoms. The Bertz CT molecular complexity index is 165. The van der Waals surface area contributed by atoms with Crippen LogP contribution in [0.3, 0.4) is 0 Å². The van der Waals surface area contributed by atoms with E-state index < -0.39 is 6.04 Å². The molecule has 0 aliphatic carbocycles. The van der Waals surface area contributed by atoms with Crippen molar-refractivity contribution in [2.75, 3.05) is 6.54 Å². The molecule has 50 valence electrons. The van der Waals surface area contributed by atoms with Gasteiger partial charge in [0.25, 0.3) is 6.04 Å². The summed E-state index contributed by atoms with van der Waals surface area (Å²) in [7, 11) is 0. The third-order valence-electron chi connectivity index (χ3n) is 1.28. The topological polar surface area (TPSA) is 67.5 Å². The fourth-order valence-electron chi connectivity index (χ4n) is 0.706. The second kappa shape index (κ2) is 2.00. The van der Waals surface area contributed by atoms with E-state index in [0.29, 0.717) is 12.3 Å². The molecule has 0 bridgehead atoms. The SMILES string of the molecule is CC1=NNCC1[N+](=O)[O-]. The lowest BCUT2D eigenvalue weighted by molar-refractivity contribution is -0.499. The molecule has 1 atom stereocenters. The van der Waals surface area contributed by atoms with Gasteiger partial charge in [-0.25, -0.2) is 0 Å². The van der Waals surface area contributed by atoms with Gasteiger partial charge in [-0.1, -0.05) is 0 Å². The molecule has 1 heterocycles. The molecule has 5 heteroatoms. The molecule has 0 saturated carbocycles. The second-order valence-electron chi connectivity index (χ2n) is 1.92. The van der Waals surface area contributed by atoms with Crippen molar-refractivity contribution in [1.82, 2.24) is 5.43 Å². The van der Waals surface area contributed by atoms with E-state index in [0.717, 1.165) is 0 Å². The highest BCUT2D eigenvalue weighted by Gasteiger charge is 2.27. The number of rotatable bonds is 1. The zero-order valence-electron chi connectivity index (χ0n) is 5.00. The van der Waals surface area contributed by atoms with Crippen LogP contribution in [-0.2, 0) is 0 Å². The van der Waals surface area contributed by atoms with Gasteiger partial charge in [-0.15, -0.1) is 0 Å². The highest BCUT2D eigenvalue weighted by Crippen LogP contribution is 1.97. The van der Waals surface area contributed by atoms with Gasteiger partial charge in [0, 0.05) is 4.92 Å². The van der Waals surface area contributed by atoms with Crippen LogP contribution >= 0.6 is 0 Å². The molecule has 0 aromatic rings. The highest BCUT2D eigenvalue weighted by atomic mass is 16.6. The molecule has 0 fully saturated rings. The van der Waals surface area contributed by atoms with Crippen molar-refractivity contribution in [3.05, 3.63) is 10.1 Å². The maximum absolute atomic E-state index is 10.1. The first-order valence-corrected chi connectivity index (χ1v) is 2.62. The van der Waals surface area contributed by atoms with Gasteiger partial charge in [0.2, 0.25) is 0 Å². The van der Waals surface area contributed by atoms with Gasteiger partial charge < -0.3 is 5.43 Å². The normalized spacial score (nSPS) is 25.0. The Balaban J connectivity index is 2.63. The zero-order valence-corrected chi connectivity index (χ0v) is 5.00. The average Bonchev–Trinajstić information content (AvgIpc) is 2.13. The minimum absolute atomic E-state index is 0.332. The number of hydrogen-bond acceptors (Lipinski definition) is 4. The summed E-state index contributed by atoms with van der Waals surface area (Å²) in [5, 5.41) is 13.8. The largest absolute Gasteiger partial charge is 0.303 e. The van der Waals surface area contributed by atoms with Crippen molar-refractivity contribution in [2.45, 2.75) is 13.0 Å². The first kappa shape index (κ1) is 6.00. The molecular formula is C4H7N3O2. The summed E-state index contributed by atoms with van der Waals surface area (Å²) in [6, 6.07) is -0.606. The van der Waals surface area contributed by atoms with Crippen LogP contribution in [0.15, 0.2) is 5.10 Å². The maximum atomic E-state index is 10.1. The van der Waals surface area contributed by atoms with Crippen LogP contribution in [0.4, 0.5) is 0 Å². The van der Waals surface area contributed by atoms with E-state index in [1.54, 1.807) is 6.92 Å². The van der Waals surface area contributed by atoms with Crippen LogP contribution in [-0.4, -0.2) is 23.2 Å². The van der Waals surface area contributed by atoms with Crippen molar-refractivity contribution in [3.8, 4) is 0 Å². The molecule has 1 rings (SSSR count). The Morgan fingerprint density at radius 3 is 2.89 bits per heavy atom. The molecule has 1 N–H and O–H groups in total. The van der Waals surface area contributed by atoms with E-state index in [-0.39, 0.29) is 4.92 Å². The Hall–Kier alpha value is -1.13. The zero-order chi connectivity index (χ0) is 6.85. The Morgan fingerprint density at radius 1 is 2.00 bits per heavy atom. The summed E-state index contributed by atoms with van der Waals surface area (Å²) in [5.41, 5.74) is 3.11. The molecular weight excluding hydrogens is 122 g/mol. The van der Waals surface area contributed by atoms with E-state index in [4.69, 9.17) is 0 Å². The number of hydrazone groups is 1. The van der Waals surface area contributed by atoms with Crippen molar-refractivity contribution in [1.29, 1.82) is 0 Å². The molecule has 0 amide bonds. The van der Waals surface area contributed by atoms with Crippen LogP contribution in [0.25, 0.3) is 0 Å². The minimum atomic E-state index is -0.606. The van der Waals surface area contributed by atoms with Crippen LogP contribution in [0.5, 0.6) is 0 Å². The number of nitrogens with zero attached hydrogens (tertiary/aromatic N) is 2. The quantitative estimate of drug-likeness (QED) is 0.387. The molecule has 0 radical (unpaired) electrons. The Kier molecular flexibility index (Phi) is 1.33. The molecule has 0 aromatic carbocycles. The van der Waals surface area contributed by atoms with Crippen LogP contribution < -0.4 is 5.43 Å². The lowest BCUT2D eigenvalue weighted by atomic mass is 10.2. The molecule has 1 aliphatic rings. The van der Waals surface area contributed by atoms with Crippen LogP contribution in [0.2, 0.25) is 0 Å². The number of nitrogens with one attached hydrogen (secondary N) is 1. The van der Waals surface area contributed by atoms with E-state index in [1.807, 2.05) is 0 Å². The van der Waals surface area contributed by atoms with E-state index in [1.165, 1.54) is 0 Å². The fraction of sp³-hybridized carbons (Fsp3) is 0.750. The third-order valence-corrected chi connectivity index (χ3v) is 1.28. The predicted molar refractivity (Wildman–Crippen MR) is 31.9 cm³/mol. The number of nitro groups is 1.